The van der Waals surface area contributed by atoms with Gasteiger partial charge in [0.15, 0.2) is 0 Å². The number of hydrogen-bond donors (Lipinski definition) is 3. The average molecular weight is 290 g/mol. The van der Waals surface area contributed by atoms with Crippen molar-refractivity contribution in [1.82, 2.24) is 4.98 Å². The predicted molar refractivity (Wildman–Crippen MR) is 70.2 cm³/mol. The highest BCUT2D eigenvalue weighted by Gasteiger charge is 2.29. The van der Waals surface area contributed by atoms with Crippen LogP contribution in [-0.4, -0.2) is 40.6 Å². The molecule has 7 nitrogen and oxygen atoms in total. The van der Waals surface area contributed by atoms with Crippen LogP contribution in [0.25, 0.3) is 0 Å². The lowest BCUT2D eigenvalue weighted by Crippen LogP contribution is -2.31. The number of rotatable bonds is 8. The monoisotopic (exact) mass is 290 g/mol. The fourth-order valence-corrected chi connectivity index (χ4v) is 1.35. The molecule has 0 saturated heterocycles. The van der Waals surface area contributed by atoms with E-state index in [1.165, 1.54) is 12.1 Å². The van der Waals surface area contributed by atoms with Crippen molar-refractivity contribution in [3.8, 4) is 0 Å². The first-order valence-corrected chi connectivity index (χ1v) is 6.01. The van der Waals surface area contributed by atoms with Gasteiger partial charge in [-0.2, -0.15) is 0 Å². The van der Waals surface area contributed by atoms with Crippen LogP contribution in [0.4, 0.5) is 26.1 Å². The van der Waals surface area contributed by atoms with E-state index in [4.69, 9.17) is 5.11 Å². The molecule has 0 saturated carbocycles. The zero-order chi connectivity index (χ0) is 15.2. The fourth-order valence-electron chi connectivity index (χ4n) is 1.35. The molecule has 1 heterocycles. The molecule has 0 aromatic carbocycles. The Labute approximate surface area is 114 Å². The number of halogens is 2. The van der Waals surface area contributed by atoms with Crippen molar-refractivity contribution in [3.05, 3.63) is 22.2 Å². The van der Waals surface area contributed by atoms with E-state index >= 15 is 0 Å². The summed E-state index contributed by atoms with van der Waals surface area (Å²) in [5, 5.41) is 24.4. The zero-order valence-electron chi connectivity index (χ0n) is 10.9. The van der Waals surface area contributed by atoms with Gasteiger partial charge in [-0.15, -0.1) is 0 Å². The number of pyridine rings is 1. The minimum absolute atomic E-state index is 0.260. The Bertz CT molecular complexity index is 471. The Morgan fingerprint density at radius 2 is 2.15 bits per heavy atom. The second-order valence-corrected chi connectivity index (χ2v) is 4.12. The van der Waals surface area contributed by atoms with Crippen LogP contribution in [0.3, 0.4) is 0 Å². The van der Waals surface area contributed by atoms with Crippen molar-refractivity contribution in [2.24, 2.45) is 0 Å². The molecular formula is C11H16F2N4O3. The van der Waals surface area contributed by atoms with Crippen molar-refractivity contribution in [2.45, 2.75) is 19.3 Å². The van der Waals surface area contributed by atoms with Gasteiger partial charge in [0.2, 0.25) is 5.82 Å². The fraction of sp³-hybridized carbons (Fsp3) is 0.545. The highest BCUT2D eigenvalue weighted by atomic mass is 19.3. The number of aliphatic hydroxyl groups is 1. The first kappa shape index (κ1) is 16.0. The Morgan fingerprint density at radius 1 is 1.45 bits per heavy atom. The third-order valence-corrected chi connectivity index (χ3v) is 2.37. The van der Waals surface area contributed by atoms with E-state index in [0.29, 0.717) is 12.4 Å². The molecule has 0 aliphatic heterocycles. The Balaban J connectivity index is 2.91. The summed E-state index contributed by atoms with van der Waals surface area (Å²) < 4.78 is 25.9. The van der Waals surface area contributed by atoms with Gasteiger partial charge >= 0.3 is 5.69 Å². The molecular weight excluding hydrogens is 274 g/mol. The molecule has 1 rings (SSSR count). The van der Waals surface area contributed by atoms with E-state index in [1.54, 1.807) is 0 Å². The second-order valence-electron chi connectivity index (χ2n) is 4.12. The standard InChI is InChI=1S/C11H16F2N4O3/c1-2-5-14-9-4-3-8(17(19)20)10(16-9)15-6-11(12,13)7-18/h3-4,18H,2,5-7H2,1H3,(H2,14,15,16). The molecule has 1 aromatic heterocycles. The summed E-state index contributed by atoms with van der Waals surface area (Å²) in [6.45, 7) is 0.256. The van der Waals surface area contributed by atoms with Gasteiger partial charge in [-0.3, -0.25) is 10.1 Å². The molecule has 0 atom stereocenters. The number of alkyl halides is 2. The molecule has 1 aromatic rings. The lowest BCUT2D eigenvalue weighted by Gasteiger charge is -2.15. The number of aliphatic hydroxyl groups excluding tert-OH is 1. The second kappa shape index (κ2) is 6.94. The van der Waals surface area contributed by atoms with Gasteiger partial charge in [0.05, 0.1) is 11.5 Å². The van der Waals surface area contributed by atoms with Crippen LogP contribution in [0.5, 0.6) is 0 Å². The molecule has 0 amide bonds. The highest BCUT2D eigenvalue weighted by molar-refractivity contribution is 5.60. The third-order valence-electron chi connectivity index (χ3n) is 2.37. The van der Waals surface area contributed by atoms with Crippen molar-refractivity contribution in [1.29, 1.82) is 0 Å². The Hall–Kier alpha value is -2.03. The van der Waals surface area contributed by atoms with Crippen LogP contribution in [0, 0.1) is 10.1 Å². The minimum atomic E-state index is -3.37. The van der Waals surface area contributed by atoms with Crippen molar-refractivity contribution in [3.63, 3.8) is 0 Å². The number of aromatic nitrogens is 1. The molecule has 3 N–H and O–H groups in total. The largest absolute Gasteiger partial charge is 0.390 e. The molecule has 9 heteroatoms. The average Bonchev–Trinajstić information content (AvgIpc) is 2.42. The number of hydrogen-bond acceptors (Lipinski definition) is 6. The maximum atomic E-state index is 12.9. The summed E-state index contributed by atoms with van der Waals surface area (Å²) in [6.07, 6.45) is 0.823. The normalized spacial score (nSPS) is 11.2. The third kappa shape index (κ3) is 4.57. The quantitative estimate of drug-likeness (QED) is 0.499. The first-order valence-electron chi connectivity index (χ1n) is 6.01. The molecule has 112 valence electrons. The van der Waals surface area contributed by atoms with Gasteiger partial charge in [0.25, 0.3) is 5.92 Å². The summed E-state index contributed by atoms with van der Waals surface area (Å²) in [4.78, 5) is 14.0. The number of nitrogens with zero attached hydrogens (tertiary/aromatic N) is 2. The van der Waals surface area contributed by atoms with E-state index in [1.807, 2.05) is 6.92 Å². The van der Waals surface area contributed by atoms with Crippen LogP contribution in [0.1, 0.15) is 13.3 Å². The summed E-state index contributed by atoms with van der Waals surface area (Å²) in [5.74, 6) is -3.28. The van der Waals surface area contributed by atoms with Gasteiger partial charge in [0, 0.05) is 12.6 Å². The van der Waals surface area contributed by atoms with Crippen molar-refractivity contribution in [2.75, 3.05) is 30.3 Å². The van der Waals surface area contributed by atoms with E-state index < -0.39 is 29.7 Å². The van der Waals surface area contributed by atoms with E-state index in [0.717, 1.165) is 6.42 Å². The van der Waals surface area contributed by atoms with E-state index in [2.05, 4.69) is 15.6 Å². The number of nitro groups is 1. The van der Waals surface area contributed by atoms with Gasteiger partial charge in [-0.05, 0) is 12.5 Å². The van der Waals surface area contributed by atoms with Crippen LogP contribution in [0.15, 0.2) is 12.1 Å². The molecule has 0 spiro atoms. The van der Waals surface area contributed by atoms with E-state index in [-0.39, 0.29) is 5.82 Å². The topological polar surface area (TPSA) is 100 Å². The van der Waals surface area contributed by atoms with Crippen LogP contribution >= 0.6 is 0 Å². The Morgan fingerprint density at radius 3 is 2.70 bits per heavy atom. The van der Waals surface area contributed by atoms with Gasteiger partial charge in [-0.25, -0.2) is 13.8 Å². The van der Waals surface area contributed by atoms with Crippen LogP contribution < -0.4 is 10.6 Å². The van der Waals surface area contributed by atoms with Crippen molar-refractivity contribution < 1.29 is 18.8 Å². The molecule has 0 unspecified atom stereocenters. The lowest BCUT2D eigenvalue weighted by atomic mass is 10.3. The Kier molecular flexibility index (Phi) is 5.56. The van der Waals surface area contributed by atoms with Crippen LogP contribution in [-0.2, 0) is 0 Å². The highest BCUT2D eigenvalue weighted by Crippen LogP contribution is 2.25. The van der Waals surface area contributed by atoms with Crippen LogP contribution in [0.2, 0.25) is 0 Å². The summed E-state index contributed by atoms with van der Waals surface area (Å²) in [5.41, 5.74) is -0.402. The number of anilines is 2. The van der Waals surface area contributed by atoms with Gasteiger partial charge < -0.3 is 15.7 Å². The minimum Gasteiger partial charge on any atom is -0.390 e. The SMILES string of the molecule is CCCNc1ccc([N+](=O)[O-])c(NCC(F)(F)CO)n1. The first-order chi connectivity index (χ1) is 9.39. The molecule has 0 radical (unpaired) electrons. The summed E-state index contributed by atoms with van der Waals surface area (Å²) in [7, 11) is 0. The smallest absolute Gasteiger partial charge is 0.311 e. The maximum absolute atomic E-state index is 12.9. The zero-order valence-corrected chi connectivity index (χ0v) is 10.9. The lowest BCUT2D eigenvalue weighted by molar-refractivity contribution is -0.384. The summed E-state index contributed by atoms with van der Waals surface area (Å²) >= 11 is 0. The summed E-state index contributed by atoms with van der Waals surface area (Å²) in [6, 6.07) is 2.59. The number of nitrogens with one attached hydrogen (secondary N) is 2. The van der Waals surface area contributed by atoms with Gasteiger partial charge in [0.1, 0.15) is 12.4 Å². The maximum Gasteiger partial charge on any atom is 0.311 e. The molecule has 0 aliphatic carbocycles. The van der Waals surface area contributed by atoms with Crippen molar-refractivity contribution >= 4 is 17.3 Å². The predicted octanol–water partition coefficient (Wildman–Crippen LogP) is 1.85. The molecule has 0 fully saturated rings. The van der Waals surface area contributed by atoms with E-state index in [9.17, 15) is 18.9 Å². The molecule has 0 bridgehead atoms. The molecule has 0 aliphatic rings. The van der Waals surface area contributed by atoms with Gasteiger partial charge in [-0.1, -0.05) is 6.92 Å². The molecule has 20 heavy (non-hydrogen) atoms.